The molecule has 1 aromatic rings. The van der Waals surface area contributed by atoms with Crippen LogP contribution >= 0.6 is 0 Å². The molecule has 0 heterocycles. The van der Waals surface area contributed by atoms with Gasteiger partial charge in [-0.15, -0.1) is 0 Å². The first-order chi connectivity index (χ1) is 13.4. The number of Topliss-reactive ketones (excluding diaryl/α,β-unsaturated/α-hetero) is 2. The molecule has 0 aromatic heterocycles. The summed E-state index contributed by atoms with van der Waals surface area (Å²) in [7, 11) is 0. The molecule has 0 saturated heterocycles. The largest absolute Gasteiger partial charge is 0.444 e. The molecule has 7 heteroatoms. The van der Waals surface area contributed by atoms with Crippen molar-refractivity contribution in [1.29, 1.82) is 0 Å². The number of ether oxygens (including phenoxy) is 1. The highest BCUT2D eigenvalue weighted by Gasteiger charge is 2.31. The van der Waals surface area contributed by atoms with Gasteiger partial charge < -0.3 is 15.4 Å². The van der Waals surface area contributed by atoms with Crippen molar-refractivity contribution in [3.63, 3.8) is 0 Å². The summed E-state index contributed by atoms with van der Waals surface area (Å²) in [6.07, 6.45) is -0.695. The quantitative estimate of drug-likeness (QED) is 0.791. The van der Waals surface area contributed by atoms with Crippen molar-refractivity contribution >= 4 is 23.6 Å². The molecular formula is C22H28N2O5. The van der Waals surface area contributed by atoms with Gasteiger partial charge in [-0.25, -0.2) is 4.79 Å². The molecule has 2 amide bonds. The summed E-state index contributed by atoms with van der Waals surface area (Å²) in [5.41, 5.74) is 0.583. The van der Waals surface area contributed by atoms with Gasteiger partial charge >= 0.3 is 6.09 Å². The van der Waals surface area contributed by atoms with E-state index in [1.807, 2.05) is 0 Å². The Kier molecular flexibility index (Phi) is 6.62. The molecular weight excluding hydrogens is 372 g/mol. The van der Waals surface area contributed by atoms with Gasteiger partial charge in [0.15, 0.2) is 11.6 Å². The van der Waals surface area contributed by atoms with Crippen LogP contribution < -0.4 is 10.6 Å². The molecule has 0 aliphatic heterocycles. The number of rotatable bonds is 5. The van der Waals surface area contributed by atoms with Crippen LogP contribution in [-0.4, -0.2) is 41.8 Å². The maximum absolute atomic E-state index is 12.8. The van der Waals surface area contributed by atoms with Crippen molar-refractivity contribution in [2.75, 3.05) is 6.54 Å². The first kappa shape index (κ1) is 22.3. The topological polar surface area (TPSA) is 102 Å². The van der Waals surface area contributed by atoms with Crippen LogP contribution in [0.3, 0.4) is 0 Å². The number of carbonyl (C=O) groups excluding carboxylic acids is 4. The highest BCUT2D eigenvalue weighted by Crippen LogP contribution is 2.25. The number of alkyl carbamates (subject to hydrolysis) is 1. The SMILES string of the molecule is CC1=C(CNC(=O)C(NC(=O)OC(C)(C)C)C(C)C)C(=O)c2ccccc2C1=O. The molecule has 0 radical (unpaired) electrons. The van der Waals surface area contributed by atoms with E-state index in [0.29, 0.717) is 16.7 Å². The molecule has 0 saturated carbocycles. The summed E-state index contributed by atoms with van der Waals surface area (Å²) in [5.74, 6) is -1.16. The Hall–Kier alpha value is -2.96. The second-order valence-electron chi connectivity index (χ2n) is 8.39. The lowest BCUT2D eigenvalue weighted by Gasteiger charge is -2.26. The molecule has 0 spiro atoms. The molecule has 7 nitrogen and oxygen atoms in total. The number of fused-ring (bicyclic) bond motifs is 1. The highest BCUT2D eigenvalue weighted by atomic mass is 16.6. The standard InChI is InChI=1S/C22H28N2O5/c1-12(2)17(24-21(28)29-22(4,5)6)20(27)23-11-16-13(3)18(25)14-9-7-8-10-15(14)19(16)26/h7-10,12,17H,11H2,1-6H3,(H,23,27)(H,24,28). The third-order valence-corrected chi connectivity index (χ3v) is 4.54. The van der Waals surface area contributed by atoms with Crippen LogP contribution in [0.5, 0.6) is 0 Å². The van der Waals surface area contributed by atoms with Gasteiger partial charge in [-0.2, -0.15) is 0 Å². The van der Waals surface area contributed by atoms with Gasteiger partial charge in [0.25, 0.3) is 0 Å². The van der Waals surface area contributed by atoms with E-state index in [1.165, 1.54) is 0 Å². The second kappa shape index (κ2) is 8.59. The van der Waals surface area contributed by atoms with E-state index in [0.717, 1.165) is 0 Å². The number of benzene rings is 1. The summed E-state index contributed by atoms with van der Waals surface area (Å²) in [4.78, 5) is 50.0. The number of carbonyl (C=O) groups is 4. The van der Waals surface area contributed by atoms with Crippen molar-refractivity contribution in [3.05, 3.63) is 46.5 Å². The van der Waals surface area contributed by atoms with Gasteiger partial charge in [0.2, 0.25) is 5.91 Å². The highest BCUT2D eigenvalue weighted by molar-refractivity contribution is 6.26. The van der Waals surface area contributed by atoms with E-state index in [2.05, 4.69) is 10.6 Å². The maximum atomic E-state index is 12.8. The number of hydrogen-bond donors (Lipinski definition) is 2. The fraction of sp³-hybridized carbons (Fsp3) is 0.455. The fourth-order valence-corrected chi connectivity index (χ4v) is 3.02. The predicted molar refractivity (Wildman–Crippen MR) is 109 cm³/mol. The van der Waals surface area contributed by atoms with Crippen molar-refractivity contribution in [3.8, 4) is 0 Å². The minimum absolute atomic E-state index is 0.0945. The first-order valence-corrected chi connectivity index (χ1v) is 9.57. The van der Waals surface area contributed by atoms with Crippen LogP contribution in [0.4, 0.5) is 4.79 Å². The fourth-order valence-electron chi connectivity index (χ4n) is 3.02. The molecule has 1 unspecified atom stereocenters. The van der Waals surface area contributed by atoms with E-state index < -0.39 is 23.6 Å². The van der Waals surface area contributed by atoms with Gasteiger partial charge in [-0.05, 0) is 33.6 Å². The second-order valence-corrected chi connectivity index (χ2v) is 8.39. The van der Waals surface area contributed by atoms with E-state index >= 15 is 0 Å². The Morgan fingerprint density at radius 2 is 1.59 bits per heavy atom. The molecule has 156 valence electrons. The van der Waals surface area contributed by atoms with Crippen molar-refractivity contribution in [2.24, 2.45) is 5.92 Å². The third kappa shape index (κ3) is 5.31. The van der Waals surface area contributed by atoms with Crippen LogP contribution in [0.15, 0.2) is 35.4 Å². The molecule has 29 heavy (non-hydrogen) atoms. The minimum atomic E-state index is -0.840. The normalized spacial score (nSPS) is 15.1. The van der Waals surface area contributed by atoms with Crippen molar-refractivity contribution < 1.29 is 23.9 Å². The molecule has 1 aliphatic carbocycles. The number of allylic oxidation sites excluding steroid dienone is 1. The Morgan fingerprint density at radius 3 is 2.10 bits per heavy atom. The number of hydrogen-bond acceptors (Lipinski definition) is 5. The summed E-state index contributed by atoms with van der Waals surface area (Å²) in [6, 6.07) is 5.78. The zero-order valence-corrected chi connectivity index (χ0v) is 17.7. The Bertz CT molecular complexity index is 877. The summed E-state index contributed by atoms with van der Waals surface area (Å²) in [5, 5.41) is 5.24. The van der Waals surface area contributed by atoms with Crippen LogP contribution in [0.1, 0.15) is 62.3 Å². The van der Waals surface area contributed by atoms with Gasteiger partial charge in [-0.3, -0.25) is 14.4 Å². The predicted octanol–water partition coefficient (Wildman–Crippen LogP) is 3.05. The number of nitrogens with one attached hydrogen (secondary N) is 2. The Morgan fingerprint density at radius 1 is 1.03 bits per heavy atom. The van der Waals surface area contributed by atoms with Gasteiger partial charge in [0, 0.05) is 28.8 Å². The van der Waals surface area contributed by atoms with Crippen molar-refractivity contribution in [1.82, 2.24) is 10.6 Å². The summed E-state index contributed by atoms with van der Waals surface area (Å²) < 4.78 is 5.21. The summed E-state index contributed by atoms with van der Waals surface area (Å²) in [6.45, 7) is 10.3. The monoisotopic (exact) mass is 400 g/mol. The van der Waals surface area contributed by atoms with Gasteiger partial charge in [0.1, 0.15) is 11.6 Å². The average molecular weight is 400 g/mol. The molecule has 1 atom stereocenters. The average Bonchev–Trinajstić information content (AvgIpc) is 2.62. The zero-order chi connectivity index (χ0) is 21.9. The smallest absolute Gasteiger partial charge is 0.408 e. The molecule has 2 rings (SSSR count). The van der Waals surface area contributed by atoms with Gasteiger partial charge in [-0.1, -0.05) is 38.1 Å². The lowest BCUT2D eigenvalue weighted by molar-refractivity contribution is -0.124. The van der Waals surface area contributed by atoms with Crippen molar-refractivity contribution in [2.45, 2.75) is 53.2 Å². The number of ketones is 2. The summed E-state index contributed by atoms with van der Waals surface area (Å²) >= 11 is 0. The molecule has 0 fully saturated rings. The first-order valence-electron chi connectivity index (χ1n) is 9.57. The van der Waals surface area contributed by atoms with Crippen LogP contribution in [0.2, 0.25) is 0 Å². The maximum Gasteiger partial charge on any atom is 0.408 e. The van der Waals surface area contributed by atoms with Crippen LogP contribution in [-0.2, 0) is 9.53 Å². The van der Waals surface area contributed by atoms with E-state index in [4.69, 9.17) is 4.74 Å². The van der Waals surface area contributed by atoms with Crippen LogP contribution in [0.25, 0.3) is 0 Å². The third-order valence-electron chi connectivity index (χ3n) is 4.54. The molecule has 2 N–H and O–H groups in total. The zero-order valence-electron chi connectivity index (χ0n) is 17.7. The van der Waals surface area contributed by atoms with Crippen LogP contribution in [0, 0.1) is 5.92 Å². The lowest BCUT2D eigenvalue weighted by atomic mass is 9.84. The van der Waals surface area contributed by atoms with Gasteiger partial charge in [0.05, 0.1) is 0 Å². The minimum Gasteiger partial charge on any atom is -0.444 e. The number of amides is 2. The van der Waals surface area contributed by atoms with E-state index in [9.17, 15) is 19.2 Å². The molecule has 0 bridgehead atoms. The lowest BCUT2D eigenvalue weighted by Crippen LogP contribution is -2.51. The Balaban J connectivity index is 2.12. The molecule has 1 aliphatic rings. The van der Waals surface area contributed by atoms with E-state index in [-0.39, 0.29) is 29.6 Å². The molecule has 1 aromatic carbocycles. The van der Waals surface area contributed by atoms with E-state index in [1.54, 1.807) is 65.8 Å². The Labute approximate surface area is 170 Å².